The number of carbonyl (C=O) groups excluding carboxylic acids is 2. The standard InChI is InChI=1S/C13H8FNO2/c14-11-3-1-2-10(8-11)13(17)12(16)9-4-6-15-7-5-9/h1-8H. The zero-order chi connectivity index (χ0) is 12.3. The minimum Gasteiger partial charge on any atom is -0.285 e. The maximum Gasteiger partial charge on any atom is 0.233 e. The van der Waals surface area contributed by atoms with Crippen LogP contribution in [0.4, 0.5) is 4.39 Å². The van der Waals surface area contributed by atoms with Gasteiger partial charge in [-0.25, -0.2) is 4.39 Å². The van der Waals surface area contributed by atoms with E-state index in [1.165, 1.54) is 42.7 Å². The second-order valence-corrected chi connectivity index (χ2v) is 3.40. The van der Waals surface area contributed by atoms with E-state index in [4.69, 9.17) is 0 Å². The highest BCUT2D eigenvalue weighted by atomic mass is 19.1. The largest absolute Gasteiger partial charge is 0.285 e. The molecule has 0 unspecified atom stereocenters. The fourth-order valence-electron chi connectivity index (χ4n) is 1.40. The third-order valence-electron chi connectivity index (χ3n) is 2.24. The molecule has 0 radical (unpaired) electrons. The van der Waals surface area contributed by atoms with Gasteiger partial charge in [0.25, 0.3) is 0 Å². The van der Waals surface area contributed by atoms with Crippen LogP contribution in [0.5, 0.6) is 0 Å². The molecule has 84 valence electrons. The molecular weight excluding hydrogens is 221 g/mol. The van der Waals surface area contributed by atoms with E-state index < -0.39 is 17.4 Å². The van der Waals surface area contributed by atoms with Crippen LogP contribution >= 0.6 is 0 Å². The summed E-state index contributed by atoms with van der Waals surface area (Å²) >= 11 is 0. The highest BCUT2D eigenvalue weighted by Gasteiger charge is 2.18. The molecule has 2 aromatic rings. The van der Waals surface area contributed by atoms with Crippen LogP contribution in [-0.4, -0.2) is 16.6 Å². The Balaban J connectivity index is 2.30. The Hall–Kier alpha value is -2.36. The SMILES string of the molecule is O=C(C(=O)c1cccc(F)c1)c1ccncc1. The predicted octanol–water partition coefficient (Wildman–Crippen LogP) is 2.29. The van der Waals surface area contributed by atoms with Crippen molar-refractivity contribution in [3.63, 3.8) is 0 Å². The van der Waals surface area contributed by atoms with Crippen LogP contribution in [0.15, 0.2) is 48.8 Å². The first-order valence-corrected chi connectivity index (χ1v) is 4.93. The third kappa shape index (κ3) is 2.42. The third-order valence-corrected chi connectivity index (χ3v) is 2.24. The fourth-order valence-corrected chi connectivity index (χ4v) is 1.40. The summed E-state index contributed by atoms with van der Waals surface area (Å²) in [5, 5.41) is 0. The molecule has 0 aliphatic carbocycles. The number of nitrogens with zero attached hydrogens (tertiary/aromatic N) is 1. The van der Waals surface area contributed by atoms with Crippen molar-refractivity contribution >= 4 is 11.6 Å². The quantitative estimate of drug-likeness (QED) is 0.599. The van der Waals surface area contributed by atoms with Gasteiger partial charge in [0.15, 0.2) is 0 Å². The van der Waals surface area contributed by atoms with Crippen molar-refractivity contribution in [2.24, 2.45) is 0 Å². The lowest BCUT2D eigenvalue weighted by Gasteiger charge is -2.00. The Morgan fingerprint density at radius 1 is 0.941 bits per heavy atom. The van der Waals surface area contributed by atoms with E-state index in [0.717, 1.165) is 6.07 Å². The lowest BCUT2D eigenvalue weighted by molar-refractivity contribution is 0.0816. The fraction of sp³-hybridized carbons (Fsp3) is 0. The Bertz CT molecular complexity index is 567. The average molecular weight is 229 g/mol. The van der Waals surface area contributed by atoms with Crippen molar-refractivity contribution in [1.29, 1.82) is 0 Å². The number of halogens is 1. The average Bonchev–Trinajstić information content (AvgIpc) is 2.38. The van der Waals surface area contributed by atoms with Crippen LogP contribution in [0, 0.1) is 5.82 Å². The smallest absolute Gasteiger partial charge is 0.233 e. The van der Waals surface area contributed by atoms with Crippen LogP contribution in [0.3, 0.4) is 0 Å². The summed E-state index contributed by atoms with van der Waals surface area (Å²) in [4.78, 5) is 27.3. The number of Topliss-reactive ketones (excluding diaryl/α,β-unsaturated/α-hetero) is 2. The van der Waals surface area contributed by atoms with Gasteiger partial charge < -0.3 is 0 Å². The van der Waals surface area contributed by atoms with Crippen molar-refractivity contribution in [2.75, 3.05) is 0 Å². The van der Waals surface area contributed by atoms with Gasteiger partial charge in [0.1, 0.15) is 5.82 Å². The zero-order valence-electron chi connectivity index (χ0n) is 8.76. The molecule has 3 nitrogen and oxygen atoms in total. The molecule has 0 aliphatic rings. The van der Waals surface area contributed by atoms with Gasteiger partial charge in [-0.3, -0.25) is 14.6 Å². The molecule has 1 aromatic heterocycles. The highest BCUT2D eigenvalue weighted by Crippen LogP contribution is 2.08. The number of aromatic nitrogens is 1. The number of rotatable bonds is 3. The van der Waals surface area contributed by atoms with Crippen LogP contribution in [0.2, 0.25) is 0 Å². The maximum atomic E-state index is 12.9. The second-order valence-electron chi connectivity index (χ2n) is 3.40. The van der Waals surface area contributed by atoms with Crippen LogP contribution in [0.25, 0.3) is 0 Å². The summed E-state index contributed by atoms with van der Waals surface area (Å²) in [7, 11) is 0. The molecule has 0 aliphatic heterocycles. The summed E-state index contributed by atoms with van der Waals surface area (Å²) in [5.41, 5.74) is 0.293. The van der Waals surface area contributed by atoms with Gasteiger partial charge in [-0.15, -0.1) is 0 Å². The lowest BCUT2D eigenvalue weighted by atomic mass is 10.0. The molecule has 4 heteroatoms. The number of ketones is 2. The first kappa shape index (κ1) is 11.1. The van der Waals surface area contributed by atoms with Gasteiger partial charge >= 0.3 is 0 Å². The van der Waals surface area contributed by atoms with E-state index in [9.17, 15) is 14.0 Å². The van der Waals surface area contributed by atoms with E-state index in [0.29, 0.717) is 0 Å². The molecule has 17 heavy (non-hydrogen) atoms. The molecule has 2 rings (SSSR count). The zero-order valence-corrected chi connectivity index (χ0v) is 8.76. The van der Waals surface area contributed by atoms with Gasteiger partial charge in [-0.2, -0.15) is 0 Å². The number of pyridine rings is 1. The summed E-state index contributed by atoms with van der Waals surface area (Å²) in [6.45, 7) is 0. The Kier molecular flexibility index (Phi) is 3.05. The molecule has 0 fully saturated rings. The molecular formula is C13H8FNO2. The van der Waals surface area contributed by atoms with Crippen molar-refractivity contribution in [3.05, 3.63) is 65.7 Å². The van der Waals surface area contributed by atoms with Gasteiger partial charge in [0, 0.05) is 23.5 Å². The van der Waals surface area contributed by atoms with Crippen molar-refractivity contribution in [1.82, 2.24) is 4.98 Å². The topological polar surface area (TPSA) is 47.0 Å². The molecule has 0 amide bonds. The Morgan fingerprint density at radius 2 is 1.59 bits per heavy atom. The summed E-state index contributed by atoms with van der Waals surface area (Å²) in [5.74, 6) is -1.94. The Labute approximate surface area is 96.9 Å². The first-order valence-electron chi connectivity index (χ1n) is 4.93. The van der Waals surface area contributed by atoms with Gasteiger partial charge in [0.2, 0.25) is 11.6 Å². The van der Waals surface area contributed by atoms with Crippen LogP contribution in [-0.2, 0) is 0 Å². The minimum absolute atomic E-state index is 0.0480. The molecule has 0 N–H and O–H groups in total. The summed E-state index contributed by atoms with van der Waals surface area (Å²) in [6, 6.07) is 7.95. The molecule has 0 atom stereocenters. The number of benzene rings is 1. The first-order chi connectivity index (χ1) is 8.18. The predicted molar refractivity (Wildman–Crippen MR) is 59.3 cm³/mol. The number of hydrogen-bond donors (Lipinski definition) is 0. The van der Waals surface area contributed by atoms with E-state index in [-0.39, 0.29) is 11.1 Å². The van der Waals surface area contributed by atoms with Crippen LogP contribution in [0.1, 0.15) is 20.7 Å². The molecule has 0 saturated heterocycles. The monoisotopic (exact) mass is 229 g/mol. The molecule has 0 spiro atoms. The molecule has 1 aromatic carbocycles. The molecule has 0 saturated carbocycles. The van der Waals surface area contributed by atoms with Crippen molar-refractivity contribution < 1.29 is 14.0 Å². The highest BCUT2D eigenvalue weighted by molar-refractivity contribution is 6.49. The van der Waals surface area contributed by atoms with Gasteiger partial charge in [-0.05, 0) is 24.3 Å². The normalized spacial score (nSPS) is 9.94. The van der Waals surface area contributed by atoms with Crippen LogP contribution < -0.4 is 0 Å². The number of hydrogen-bond acceptors (Lipinski definition) is 3. The Morgan fingerprint density at radius 3 is 2.24 bits per heavy atom. The molecule has 0 bridgehead atoms. The summed E-state index contributed by atoms with van der Waals surface area (Å²) < 4.78 is 12.9. The van der Waals surface area contributed by atoms with E-state index >= 15 is 0 Å². The van der Waals surface area contributed by atoms with E-state index in [1.54, 1.807) is 0 Å². The van der Waals surface area contributed by atoms with Gasteiger partial charge in [0.05, 0.1) is 0 Å². The minimum atomic E-state index is -0.726. The van der Waals surface area contributed by atoms with E-state index in [1.807, 2.05) is 0 Å². The van der Waals surface area contributed by atoms with Crippen molar-refractivity contribution in [3.8, 4) is 0 Å². The maximum absolute atomic E-state index is 12.9. The molecule has 1 heterocycles. The second kappa shape index (κ2) is 4.65. The van der Waals surface area contributed by atoms with Crippen molar-refractivity contribution in [2.45, 2.75) is 0 Å². The number of carbonyl (C=O) groups is 2. The van der Waals surface area contributed by atoms with E-state index in [2.05, 4.69) is 4.98 Å². The summed E-state index contributed by atoms with van der Waals surface area (Å²) in [6.07, 6.45) is 2.85. The van der Waals surface area contributed by atoms with Gasteiger partial charge in [-0.1, -0.05) is 12.1 Å². The lowest BCUT2D eigenvalue weighted by Crippen LogP contribution is -2.14.